The SMILES string of the molecule is CC12C(=O)N(c3ccc(F)c(Cl)c3)C(=O)C1CC1C(=CCC3C(=O)N(c4cccc(B(O)O)c4)C(=O)C31)C2c1cc(OC(F)(F)F)ccc1O. The minimum Gasteiger partial charge on any atom is -0.508 e. The molecular formula is C34H26BClF4N2O8. The van der Waals surface area contributed by atoms with E-state index in [1.807, 2.05) is 0 Å². The van der Waals surface area contributed by atoms with Gasteiger partial charge in [-0.05, 0) is 79.7 Å². The number of carbonyl (C=O) groups excluding carboxylic acids is 4. The first-order chi connectivity index (χ1) is 23.5. The maximum Gasteiger partial charge on any atom is 0.573 e. The number of imide groups is 2. The van der Waals surface area contributed by atoms with Gasteiger partial charge in [0.05, 0.1) is 39.6 Å². The van der Waals surface area contributed by atoms with E-state index in [4.69, 9.17) is 11.6 Å². The van der Waals surface area contributed by atoms with Crippen molar-refractivity contribution in [2.45, 2.75) is 32.0 Å². The lowest BCUT2D eigenvalue weighted by Crippen LogP contribution is -2.49. The van der Waals surface area contributed by atoms with Gasteiger partial charge in [0.1, 0.15) is 17.3 Å². The number of ether oxygens (including phenoxy) is 1. The molecule has 7 rings (SSSR count). The van der Waals surface area contributed by atoms with E-state index in [1.54, 1.807) is 6.08 Å². The molecule has 2 aliphatic carbocycles. The van der Waals surface area contributed by atoms with Crippen LogP contribution in [0, 0.1) is 34.9 Å². The molecule has 10 nitrogen and oxygen atoms in total. The van der Waals surface area contributed by atoms with Crippen LogP contribution in [0.25, 0.3) is 0 Å². The Morgan fingerprint density at radius 1 is 0.920 bits per heavy atom. The van der Waals surface area contributed by atoms with Gasteiger partial charge in [-0.3, -0.25) is 24.1 Å². The van der Waals surface area contributed by atoms with Gasteiger partial charge in [-0.2, -0.15) is 0 Å². The number of fused-ring (bicyclic) bond motifs is 4. The number of anilines is 2. The number of nitrogens with zero attached hydrogens (tertiary/aromatic N) is 2. The molecule has 6 unspecified atom stereocenters. The molecule has 4 amide bonds. The van der Waals surface area contributed by atoms with Crippen molar-refractivity contribution >= 4 is 59.2 Å². The van der Waals surface area contributed by atoms with E-state index < -0.39 is 89.4 Å². The number of allylic oxidation sites excluding steroid dienone is 2. The quantitative estimate of drug-likeness (QED) is 0.155. The van der Waals surface area contributed by atoms with E-state index in [9.17, 15) is 51.9 Å². The lowest BCUT2D eigenvalue weighted by Gasteiger charge is -2.49. The van der Waals surface area contributed by atoms with Crippen molar-refractivity contribution in [2.24, 2.45) is 29.1 Å². The summed E-state index contributed by atoms with van der Waals surface area (Å²) in [6.45, 7) is 1.45. The van der Waals surface area contributed by atoms with Gasteiger partial charge in [-0.1, -0.05) is 35.4 Å². The summed E-state index contributed by atoms with van der Waals surface area (Å²) in [6.07, 6.45) is -3.62. The average Bonchev–Trinajstić information content (AvgIpc) is 3.42. The maximum atomic E-state index is 14.5. The third kappa shape index (κ3) is 5.09. The van der Waals surface area contributed by atoms with Crippen LogP contribution < -0.4 is 20.0 Å². The Morgan fingerprint density at radius 3 is 2.32 bits per heavy atom. The van der Waals surface area contributed by atoms with Gasteiger partial charge in [-0.25, -0.2) is 9.29 Å². The number of halogens is 5. The van der Waals surface area contributed by atoms with Crippen molar-refractivity contribution in [1.29, 1.82) is 0 Å². The molecule has 2 aliphatic heterocycles. The van der Waals surface area contributed by atoms with Gasteiger partial charge >= 0.3 is 13.5 Å². The first-order valence-corrected chi connectivity index (χ1v) is 15.9. The monoisotopic (exact) mass is 712 g/mol. The molecule has 3 aromatic carbocycles. The highest BCUT2D eigenvalue weighted by Gasteiger charge is 2.68. The number of amides is 4. The third-order valence-electron chi connectivity index (χ3n) is 10.4. The molecule has 258 valence electrons. The number of carbonyl (C=O) groups is 4. The minimum atomic E-state index is -5.10. The van der Waals surface area contributed by atoms with Crippen LogP contribution in [0.3, 0.4) is 0 Å². The number of aromatic hydroxyl groups is 1. The fraction of sp³-hybridized carbons (Fsp3) is 0.294. The standard InChI is InChI=1S/C34H26BClF4N2O8/c1-33-23(30(45)42(32(33)47)17-5-9-25(37)24(36)12-17)14-21-19(28(33)22-13-18(6-10-26(22)43)50-34(38,39)40)7-8-20-27(21)31(46)41(29(20)44)16-4-2-3-15(11-16)35(48)49/h2-7,9-13,20-21,23,27-28,43,48-49H,8,14H2,1H3. The van der Waals surface area contributed by atoms with Crippen molar-refractivity contribution in [1.82, 2.24) is 0 Å². The number of rotatable bonds is 5. The number of alkyl halides is 3. The second-order valence-electron chi connectivity index (χ2n) is 13.0. The highest BCUT2D eigenvalue weighted by Crippen LogP contribution is 2.64. The molecule has 3 fully saturated rings. The molecule has 0 spiro atoms. The van der Waals surface area contributed by atoms with E-state index in [2.05, 4.69) is 4.74 Å². The molecule has 3 aromatic rings. The minimum absolute atomic E-state index is 0.0178. The van der Waals surface area contributed by atoms with Crippen LogP contribution in [0.15, 0.2) is 72.3 Å². The van der Waals surface area contributed by atoms with E-state index in [1.165, 1.54) is 37.3 Å². The first-order valence-electron chi connectivity index (χ1n) is 15.5. The fourth-order valence-electron chi connectivity index (χ4n) is 8.27. The van der Waals surface area contributed by atoms with Crippen LogP contribution in [0.2, 0.25) is 5.02 Å². The van der Waals surface area contributed by atoms with Gasteiger partial charge in [0.2, 0.25) is 23.6 Å². The summed E-state index contributed by atoms with van der Waals surface area (Å²) in [5.74, 6) is -10.2. The fourth-order valence-corrected chi connectivity index (χ4v) is 8.44. The summed E-state index contributed by atoms with van der Waals surface area (Å²) in [5.41, 5.74) is -1.51. The molecule has 16 heteroatoms. The Labute approximate surface area is 286 Å². The predicted molar refractivity (Wildman–Crippen MR) is 170 cm³/mol. The van der Waals surface area contributed by atoms with Crippen molar-refractivity contribution in [3.8, 4) is 11.5 Å². The summed E-state index contributed by atoms with van der Waals surface area (Å²) < 4.78 is 58.2. The van der Waals surface area contributed by atoms with Crippen molar-refractivity contribution in [2.75, 3.05) is 9.80 Å². The van der Waals surface area contributed by atoms with Gasteiger partial charge in [0.25, 0.3) is 0 Å². The van der Waals surface area contributed by atoms with Crippen molar-refractivity contribution in [3.63, 3.8) is 0 Å². The smallest absolute Gasteiger partial charge is 0.508 e. The van der Waals surface area contributed by atoms with E-state index in [0.717, 1.165) is 40.1 Å². The van der Waals surface area contributed by atoms with Gasteiger partial charge in [-0.15, -0.1) is 13.2 Å². The number of hydrogen-bond acceptors (Lipinski definition) is 8. The Morgan fingerprint density at radius 2 is 1.64 bits per heavy atom. The molecule has 0 bridgehead atoms. The second-order valence-corrected chi connectivity index (χ2v) is 13.4. The van der Waals surface area contributed by atoms with Crippen LogP contribution in [-0.4, -0.2) is 52.3 Å². The summed E-state index contributed by atoms with van der Waals surface area (Å²) in [6, 6.07) is 11.6. The molecule has 0 radical (unpaired) electrons. The van der Waals surface area contributed by atoms with Gasteiger partial charge in [0, 0.05) is 11.5 Å². The molecule has 50 heavy (non-hydrogen) atoms. The zero-order chi connectivity index (χ0) is 36.0. The molecule has 3 N–H and O–H groups in total. The third-order valence-corrected chi connectivity index (χ3v) is 10.7. The summed E-state index contributed by atoms with van der Waals surface area (Å²) >= 11 is 6.00. The number of hydrogen-bond donors (Lipinski definition) is 3. The highest BCUT2D eigenvalue weighted by atomic mass is 35.5. The van der Waals surface area contributed by atoms with Crippen LogP contribution >= 0.6 is 11.6 Å². The Hall–Kier alpha value is -4.73. The highest BCUT2D eigenvalue weighted by molar-refractivity contribution is 6.58. The van der Waals surface area contributed by atoms with Crippen molar-refractivity contribution < 1.29 is 56.6 Å². The number of phenolic OH excluding ortho intramolecular Hbond substituents is 1. The molecular weight excluding hydrogens is 687 g/mol. The summed E-state index contributed by atoms with van der Waals surface area (Å²) in [7, 11) is -1.88. The molecule has 1 saturated carbocycles. The lowest BCUT2D eigenvalue weighted by molar-refractivity contribution is -0.274. The Balaban J connectivity index is 1.38. The average molecular weight is 713 g/mol. The predicted octanol–water partition coefficient (Wildman–Crippen LogP) is 4.20. The van der Waals surface area contributed by atoms with Crippen LogP contribution in [0.1, 0.15) is 31.2 Å². The van der Waals surface area contributed by atoms with E-state index >= 15 is 0 Å². The largest absolute Gasteiger partial charge is 0.573 e. The van der Waals surface area contributed by atoms with Crippen LogP contribution in [0.4, 0.5) is 28.9 Å². The molecule has 2 heterocycles. The van der Waals surface area contributed by atoms with E-state index in [0.29, 0.717) is 5.57 Å². The molecule has 6 atom stereocenters. The lowest BCUT2D eigenvalue weighted by atomic mass is 9.51. The summed E-state index contributed by atoms with van der Waals surface area (Å²) in [5, 5.41) is 30.2. The van der Waals surface area contributed by atoms with Crippen LogP contribution in [-0.2, 0) is 19.2 Å². The second kappa shape index (κ2) is 11.7. The normalized spacial score (nSPS) is 27.6. The molecule has 0 aromatic heterocycles. The summed E-state index contributed by atoms with van der Waals surface area (Å²) in [4.78, 5) is 58.6. The zero-order valence-electron chi connectivity index (χ0n) is 25.9. The van der Waals surface area contributed by atoms with Gasteiger partial charge in [0.15, 0.2) is 0 Å². The van der Waals surface area contributed by atoms with Crippen LogP contribution in [0.5, 0.6) is 11.5 Å². The first kappa shape index (κ1) is 33.8. The molecule has 4 aliphatic rings. The number of benzene rings is 3. The van der Waals surface area contributed by atoms with Crippen molar-refractivity contribution in [3.05, 3.63) is 88.7 Å². The Kier molecular flexibility index (Phi) is 7.88. The van der Waals surface area contributed by atoms with Gasteiger partial charge < -0.3 is 19.9 Å². The van der Waals surface area contributed by atoms with E-state index in [-0.39, 0.29) is 40.3 Å². The maximum absolute atomic E-state index is 14.5. The molecule has 2 saturated heterocycles. The Bertz CT molecular complexity index is 2020. The zero-order valence-corrected chi connectivity index (χ0v) is 26.7. The topological polar surface area (TPSA) is 145 Å². The number of phenols is 1.